The maximum Gasteiger partial charge on any atom is 0.416 e. The molecule has 2 aromatic carbocycles. The molecule has 4 rings (SSSR count). The molecule has 8 heteroatoms. The van der Waals surface area contributed by atoms with Crippen LogP contribution < -0.4 is 10.1 Å². The fraction of sp³-hybridized carbons (Fsp3) is 0.227. The summed E-state index contributed by atoms with van der Waals surface area (Å²) in [5.74, 6) is 0.751. The molecule has 0 bridgehead atoms. The van der Waals surface area contributed by atoms with E-state index in [2.05, 4.69) is 9.88 Å². The van der Waals surface area contributed by atoms with Gasteiger partial charge in [-0.05, 0) is 60.2 Å². The second-order valence-electron chi connectivity index (χ2n) is 7.00. The number of halogens is 3. The fourth-order valence-corrected chi connectivity index (χ4v) is 4.02. The van der Waals surface area contributed by atoms with E-state index in [9.17, 15) is 13.2 Å². The summed E-state index contributed by atoms with van der Waals surface area (Å²) in [5.41, 5.74) is 1.68. The Morgan fingerprint density at radius 3 is 2.53 bits per heavy atom. The number of alkyl halides is 3. The molecule has 1 aromatic heterocycles. The number of benzene rings is 2. The quantitative estimate of drug-likeness (QED) is 0.569. The van der Waals surface area contributed by atoms with Crippen LogP contribution in [0, 0.1) is 0 Å². The Morgan fingerprint density at radius 1 is 1.07 bits per heavy atom. The van der Waals surface area contributed by atoms with Crippen LogP contribution in [0.25, 0.3) is 0 Å². The van der Waals surface area contributed by atoms with Gasteiger partial charge in [-0.25, -0.2) is 0 Å². The van der Waals surface area contributed by atoms with Crippen LogP contribution in [0.4, 0.5) is 18.9 Å². The van der Waals surface area contributed by atoms with Gasteiger partial charge in [0.05, 0.1) is 18.7 Å². The predicted octanol–water partition coefficient (Wildman–Crippen LogP) is 5.32. The largest absolute Gasteiger partial charge is 0.497 e. The van der Waals surface area contributed by atoms with Gasteiger partial charge in [-0.2, -0.15) is 13.2 Å². The standard InChI is InChI=1S/C22H20F3N3OS/c1-29-18-9-7-15(8-10-18)20-19-6-3-11-27(19)12-13-28(20)21(30)26-17-5-2-4-16(14-17)22(23,24)25/h2-11,14,20H,12-13H2,1H3,(H,26,30)/t20-/m0/s1. The van der Waals surface area contributed by atoms with Crippen LogP contribution >= 0.6 is 12.2 Å². The Morgan fingerprint density at radius 2 is 1.83 bits per heavy atom. The smallest absolute Gasteiger partial charge is 0.416 e. The first-order valence-corrected chi connectivity index (χ1v) is 9.81. The molecule has 0 saturated carbocycles. The molecular formula is C22H20F3N3OS. The molecule has 1 aliphatic rings. The highest BCUT2D eigenvalue weighted by molar-refractivity contribution is 7.80. The third kappa shape index (κ3) is 4.00. The second-order valence-corrected chi connectivity index (χ2v) is 7.39. The number of aromatic nitrogens is 1. The second kappa shape index (κ2) is 8.02. The monoisotopic (exact) mass is 431 g/mol. The molecule has 0 radical (unpaired) electrons. The maximum absolute atomic E-state index is 13.1. The van der Waals surface area contributed by atoms with Gasteiger partial charge in [0, 0.05) is 30.7 Å². The topological polar surface area (TPSA) is 29.4 Å². The number of hydrogen-bond donors (Lipinski definition) is 1. The minimum atomic E-state index is -4.41. The van der Waals surface area contributed by atoms with E-state index in [1.54, 1.807) is 13.2 Å². The lowest BCUT2D eigenvalue weighted by atomic mass is 10.00. The van der Waals surface area contributed by atoms with Gasteiger partial charge in [-0.1, -0.05) is 18.2 Å². The van der Waals surface area contributed by atoms with Crippen molar-refractivity contribution in [3.05, 3.63) is 83.7 Å². The van der Waals surface area contributed by atoms with Gasteiger partial charge in [-0.15, -0.1) is 0 Å². The number of methoxy groups -OCH3 is 1. The summed E-state index contributed by atoms with van der Waals surface area (Å²) >= 11 is 5.62. The number of fused-ring (bicyclic) bond motifs is 1. The first-order valence-electron chi connectivity index (χ1n) is 9.40. The van der Waals surface area contributed by atoms with E-state index >= 15 is 0 Å². The Balaban J connectivity index is 1.64. The Labute approximate surface area is 177 Å². The molecule has 0 spiro atoms. The zero-order valence-corrected chi connectivity index (χ0v) is 17.0. The van der Waals surface area contributed by atoms with Crippen LogP contribution in [0.2, 0.25) is 0 Å². The summed E-state index contributed by atoms with van der Waals surface area (Å²) in [6.07, 6.45) is -2.39. The molecule has 0 saturated heterocycles. The number of nitrogens with one attached hydrogen (secondary N) is 1. The van der Waals surface area contributed by atoms with Crippen molar-refractivity contribution in [3.63, 3.8) is 0 Å². The minimum absolute atomic E-state index is 0.162. The van der Waals surface area contributed by atoms with Gasteiger partial charge in [0.1, 0.15) is 5.75 Å². The Kier molecular flexibility index (Phi) is 5.42. The molecule has 2 heterocycles. The molecular weight excluding hydrogens is 411 g/mol. The molecule has 1 aliphatic heterocycles. The van der Waals surface area contributed by atoms with Gasteiger partial charge in [0.2, 0.25) is 0 Å². The molecule has 1 N–H and O–H groups in total. The summed E-state index contributed by atoms with van der Waals surface area (Å²) in [4.78, 5) is 2.01. The zero-order chi connectivity index (χ0) is 21.3. The fourth-order valence-electron chi connectivity index (χ4n) is 3.71. The summed E-state index contributed by atoms with van der Waals surface area (Å²) < 4.78 is 46.6. The molecule has 3 aromatic rings. The van der Waals surface area contributed by atoms with Crippen molar-refractivity contribution < 1.29 is 17.9 Å². The SMILES string of the molecule is COc1ccc([C@H]2c3cccn3CCN2C(=S)Nc2cccc(C(F)(F)F)c2)cc1. The van der Waals surface area contributed by atoms with Crippen LogP contribution in [0.1, 0.15) is 22.9 Å². The van der Waals surface area contributed by atoms with Crippen molar-refractivity contribution in [2.24, 2.45) is 0 Å². The number of ether oxygens (including phenoxy) is 1. The van der Waals surface area contributed by atoms with Crippen LogP contribution in [-0.4, -0.2) is 28.2 Å². The van der Waals surface area contributed by atoms with Gasteiger partial charge in [0.25, 0.3) is 0 Å². The van der Waals surface area contributed by atoms with Crippen molar-refractivity contribution in [2.75, 3.05) is 19.0 Å². The van der Waals surface area contributed by atoms with E-state index in [-0.39, 0.29) is 6.04 Å². The molecule has 0 amide bonds. The van der Waals surface area contributed by atoms with E-state index in [1.807, 2.05) is 47.5 Å². The highest BCUT2D eigenvalue weighted by atomic mass is 32.1. The van der Waals surface area contributed by atoms with Crippen molar-refractivity contribution in [3.8, 4) is 5.75 Å². The van der Waals surface area contributed by atoms with Crippen LogP contribution in [0.15, 0.2) is 66.9 Å². The molecule has 156 valence electrons. The van der Waals surface area contributed by atoms with E-state index < -0.39 is 11.7 Å². The van der Waals surface area contributed by atoms with Gasteiger partial charge >= 0.3 is 6.18 Å². The summed E-state index contributed by atoms with van der Waals surface area (Å²) in [6, 6.07) is 16.7. The first kappa shape index (κ1) is 20.3. The van der Waals surface area contributed by atoms with Crippen molar-refractivity contribution in [1.29, 1.82) is 0 Å². The van der Waals surface area contributed by atoms with Crippen molar-refractivity contribution in [2.45, 2.75) is 18.8 Å². The number of anilines is 1. The Hall–Kier alpha value is -3.00. The number of thiocarbonyl (C=S) groups is 1. The van der Waals surface area contributed by atoms with E-state index in [0.29, 0.717) is 17.3 Å². The molecule has 4 nitrogen and oxygen atoms in total. The molecule has 30 heavy (non-hydrogen) atoms. The number of hydrogen-bond acceptors (Lipinski definition) is 2. The normalized spacial score (nSPS) is 16.1. The van der Waals surface area contributed by atoms with Gasteiger partial charge in [0.15, 0.2) is 5.11 Å². The molecule has 0 unspecified atom stereocenters. The van der Waals surface area contributed by atoms with E-state index in [0.717, 1.165) is 35.7 Å². The van der Waals surface area contributed by atoms with Crippen molar-refractivity contribution in [1.82, 2.24) is 9.47 Å². The first-order chi connectivity index (χ1) is 14.4. The third-order valence-electron chi connectivity index (χ3n) is 5.17. The van der Waals surface area contributed by atoms with Crippen LogP contribution in [-0.2, 0) is 12.7 Å². The summed E-state index contributed by atoms with van der Waals surface area (Å²) in [6.45, 7) is 1.36. The zero-order valence-electron chi connectivity index (χ0n) is 16.2. The van der Waals surface area contributed by atoms with E-state index in [4.69, 9.17) is 17.0 Å². The highest BCUT2D eigenvalue weighted by Crippen LogP contribution is 2.34. The minimum Gasteiger partial charge on any atom is -0.497 e. The predicted molar refractivity (Wildman–Crippen MR) is 114 cm³/mol. The highest BCUT2D eigenvalue weighted by Gasteiger charge is 2.32. The number of nitrogens with zero attached hydrogens (tertiary/aromatic N) is 2. The van der Waals surface area contributed by atoms with Crippen LogP contribution in [0.3, 0.4) is 0 Å². The average Bonchev–Trinajstić information content (AvgIpc) is 3.21. The van der Waals surface area contributed by atoms with Crippen LogP contribution in [0.5, 0.6) is 5.75 Å². The Bertz CT molecular complexity index is 1050. The third-order valence-corrected chi connectivity index (χ3v) is 5.51. The van der Waals surface area contributed by atoms with Gasteiger partial charge in [-0.3, -0.25) is 0 Å². The summed E-state index contributed by atoms with van der Waals surface area (Å²) in [7, 11) is 1.61. The lowest BCUT2D eigenvalue weighted by molar-refractivity contribution is -0.137. The summed E-state index contributed by atoms with van der Waals surface area (Å²) in [5, 5.41) is 3.37. The maximum atomic E-state index is 13.1. The lowest BCUT2D eigenvalue weighted by Gasteiger charge is -2.39. The molecule has 0 fully saturated rings. The van der Waals surface area contributed by atoms with E-state index in [1.165, 1.54) is 6.07 Å². The molecule has 0 aliphatic carbocycles. The molecule has 1 atom stereocenters. The van der Waals surface area contributed by atoms with Crippen molar-refractivity contribution >= 4 is 23.0 Å². The van der Waals surface area contributed by atoms with Gasteiger partial charge < -0.3 is 19.5 Å². The number of rotatable bonds is 3. The lowest BCUT2D eigenvalue weighted by Crippen LogP contribution is -2.44. The average molecular weight is 431 g/mol.